The molecule has 1 aliphatic carbocycles. The molecule has 23 heavy (non-hydrogen) atoms. The van der Waals surface area contributed by atoms with Crippen LogP contribution in [0.1, 0.15) is 57.4 Å². The first kappa shape index (κ1) is 18.2. The van der Waals surface area contributed by atoms with E-state index in [0.717, 1.165) is 32.2 Å². The maximum atomic E-state index is 11.3. The molecule has 128 valence electrons. The predicted octanol–water partition coefficient (Wildman–Crippen LogP) is 4.54. The fourth-order valence-corrected chi connectivity index (χ4v) is 3.22. The third kappa shape index (κ3) is 6.08. The van der Waals surface area contributed by atoms with E-state index in [-0.39, 0.29) is 18.1 Å². The molecule has 0 aromatic heterocycles. The van der Waals surface area contributed by atoms with Gasteiger partial charge in [-0.2, -0.15) is 0 Å². The Labute approximate surface area is 140 Å². The van der Waals surface area contributed by atoms with Crippen molar-refractivity contribution >= 4 is 6.29 Å². The first-order chi connectivity index (χ1) is 11.3. The van der Waals surface area contributed by atoms with Crippen molar-refractivity contribution in [1.29, 1.82) is 0 Å². The van der Waals surface area contributed by atoms with E-state index in [9.17, 15) is 4.79 Å². The lowest BCUT2D eigenvalue weighted by atomic mass is 10.1. The molecule has 3 nitrogen and oxygen atoms in total. The molecule has 3 heteroatoms. The van der Waals surface area contributed by atoms with E-state index in [1.807, 2.05) is 18.2 Å². The molecule has 3 unspecified atom stereocenters. The standard InChI is InChI=1S/C20H30O3/c1-2-3-4-5-9-14-22-20-18(15-21)12-13-19(20)23-16-17-10-7-6-8-11-17/h6-8,10-11,15,18-20H,2-5,9,12-14,16H2,1H3. The van der Waals surface area contributed by atoms with Crippen molar-refractivity contribution in [2.45, 2.75) is 70.7 Å². The molecule has 1 aliphatic rings. The number of hydrogen-bond donors (Lipinski definition) is 0. The van der Waals surface area contributed by atoms with Crippen molar-refractivity contribution in [3.8, 4) is 0 Å². The van der Waals surface area contributed by atoms with Crippen molar-refractivity contribution < 1.29 is 14.3 Å². The van der Waals surface area contributed by atoms with E-state index in [2.05, 4.69) is 19.1 Å². The molecule has 0 bridgehead atoms. The van der Waals surface area contributed by atoms with Crippen LogP contribution in [0, 0.1) is 5.92 Å². The molecule has 1 fully saturated rings. The lowest BCUT2D eigenvalue weighted by molar-refractivity contribution is -0.120. The average molecular weight is 318 g/mol. The molecule has 0 spiro atoms. The van der Waals surface area contributed by atoms with Gasteiger partial charge in [0.05, 0.1) is 18.8 Å². The second kappa shape index (κ2) is 10.6. The van der Waals surface area contributed by atoms with E-state index >= 15 is 0 Å². The summed E-state index contributed by atoms with van der Waals surface area (Å²) in [5.41, 5.74) is 1.17. The van der Waals surface area contributed by atoms with E-state index in [0.29, 0.717) is 6.61 Å². The highest BCUT2D eigenvalue weighted by atomic mass is 16.5. The molecule has 1 aromatic rings. The summed E-state index contributed by atoms with van der Waals surface area (Å²) in [6.45, 7) is 3.55. The summed E-state index contributed by atoms with van der Waals surface area (Å²) in [5.74, 6) is -0.00795. The van der Waals surface area contributed by atoms with Crippen LogP contribution in [0.3, 0.4) is 0 Å². The molecule has 3 atom stereocenters. The maximum Gasteiger partial charge on any atom is 0.125 e. The third-order valence-corrected chi connectivity index (χ3v) is 4.61. The van der Waals surface area contributed by atoms with Gasteiger partial charge in [-0.05, 0) is 24.8 Å². The molecular weight excluding hydrogens is 288 g/mol. The Morgan fingerprint density at radius 2 is 1.83 bits per heavy atom. The van der Waals surface area contributed by atoms with Gasteiger partial charge in [-0.15, -0.1) is 0 Å². The normalized spacial score (nSPS) is 24.0. The second-order valence-electron chi connectivity index (χ2n) is 6.46. The average Bonchev–Trinajstić information content (AvgIpc) is 2.99. The Kier molecular flexibility index (Phi) is 8.33. The first-order valence-electron chi connectivity index (χ1n) is 9.07. The van der Waals surface area contributed by atoms with Gasteiger partial charge < -0.3 is 14.3 Å². The molecule has 0 radical (unpaired) electrons. The largest absolute Gasteiger partial charge is 0.375 e. The van der Waals surface area contributed by atoms with Crippen LogP contribution in [0.5, 0.6) is 0 Å². The molecular formula is C20H30O3. The predicted molar refractivity (Wildman–Crippen MR) is 92.3 cm³/mol. The highest BCUT2D eigenvalue weighted by Gasteiger charge is 2.37. The third-order valence-electron chi connectivity index (χ3n) is 4.61. The second-order valence-corrected chi connectivity index (χ2v) is 6.46. The lowest BCUT2D eigenvalue weighted by Gasteiger charge is -2.23. The number of benzene rings is 1. The molecule has 1 aromatic carbocycles. The van der Waals surface area contributed by atoms with E-state index in [1.54, 1.807) is 0 Å². The Morgan fingerprint density at radius 3 is 2.57 bits per heavy atom. The Balaban J connectivity index is 1.75. The molecule has 0 amide bonds. The minimum absolute atomic E-state index is 0.00795. The topological polar surface area (TPSA) is 35.5 Å². The van der Waals surface area contributed by atoms with Gasteiger partial charge in [0.1, 0.15) is 6.29 Å². The van der Waals surface area contributed by atoms with Gasteiger partial charge >= 0.3 is 0 Å². The van der Waals surface area contributed by atoms with E-state index in [4.69, 9.17) is 9.47 Å². The van der Waals surface area contributed by atoms with Gasteiger partial charge in [-0.1, -0.05) is 62.9 Å². The van der Waals surface area contributed by atoms with Crippen molar-refractivity contribution in [3.05, 3.63) is 35.9 Å². The monoisotopic (exact) mass is 318 g/mol. The van der Waals surface area contributed by atoms with Crippen molar-refractivity contribution in [3.63, 3.8) is 0 Å². The number of carbonyl (C=O) groups excluding carboxylic acids is 1. The quantitative estimate of drug-likeness (QED) is 0.444. The number of carbonyl (C=O) groups is 1. The lowest BCUT2D eigenvalue weighted by Crippen LogP contribution is -2.32. The molecule has 0 heterocycles. The minimum Gasteiger partial charge on any atom is -0.375 e. The number of hydrogen-bond acceptors (Lipinski definition) is 3. The molecule has 0 saturated heterocycles. The van der Waals surface area contributed by atoms with Gasteiger partial charge in [0.15, 0.2) is 0 Å². The summed E-state index contributed by atoms with van der Waals surface area (Å²) in [4.78, 5) is 11.3. The smallest absolute Gasteiger partial charge is 0.125 e. The van der Waals surface area contributed by atoms with Crippen molar-refractivity contribution in [2.75, 3.05) is 6.61 Å². The first-order valence-corrected chi connectivity index (χ1v) is 9.07. The van der Waals surface area contributed by atoms with Crippen LogP contribution in [0.15, 0.2) is 30.3 Å². The van der Waals surface area contributed by atoms with Gasteiger partial charge in [0.2, 0.25) is 0 Å². The number of ether oxygens (including phenoxy) is 2. The highest BCUT2D eigenvalue weighted by molar-refractivity contribution is 5.55. The van der Waals surface area contributed by atoms with Crippen LogP contribution in [-0.2, 0) is 20.9 Å². The number of rotatable bonds is 11. The van der Waals surface area contributed by atoms with E-state index in [1.165, 1.54) is 31.2 Å². The van der Waals surface area contributed by atoms with Crippen molar-refractivity contribution in [1.82, 2.24) is 0 Å². The maximum absolute atomic E-state index is 11.3. The summed E-state index contributed by atoms with van der Waals surface area (Å²) < 4.78 is 12.1. The number of unbranched alkanes of at least 4 members (excludes halogenated alkanes) is 4. The molecule has 0 N–H and O–H groups in total. The summed E-state index contributed by atoms with van der Waals surface area (Å²) in [5, 5.41) is 0. The Hall–Kier alpha value is -1.19. The Bertz CT molecular complexity index is 432. The fraction of sp³-hybridized carbons (Fsp3) is 0.650. The van der Waals surface area contributed by atoms with Gasteiger partial charge in [-0.3, -0.25) is 0 Å². The number of aldehydes is 1. The van der Waals surface area contributed by atoms with E-state index < -0.39 is 0 Å². The molecule has 0 aliphatic heterocycles. The Morgan fingerprint density at radius 1 is 1.04 bits per heavy atom. The molecule has 2 rings (SSSR count). The van der Waals surface area contributed by atoms with Crippen LogP contribution in [0.25, 0.3) is 0 Å². The zero-order chi connectivity index (χ0) is 16.3. The zero-order valence-corrected chi connectivity index (χ0v) is 14.3. The summed E-state index contributed by atoms with van der Waals surface area (Å²) in [6.07, 6.45) is 8.93. The van der Waals surface area contributed by atoms with Gasteiger partial charge in [0.25, 0.3) is 0 Å². The summed E-state index contributed by atoms with van der Waals surface area (Å²) in [7, 11) is 0. The zero-order valence-electron chi connectivity index (χ0n) is 14.3. The molecule has 1 saturated carbocycles. The van der Waals surface area contributed by atoms with Crippen LogP contribution >= 0.6 is 0 Å². The van der Waals surface area contributed by atoms with Crippen LogP contribution < -0.4 is 0 Å². The summed E-state index contributed by atoms with van der Waals surface area (Å²) in [6, 6.07) is 10.2. The summed E-state index contributed by atoms with van der Waals surface area (Å²) >= 11 is 0. The van der Waals surface area contributed by atoms with Crippen LogP contribution in [0.4, 0.5) is 0 Å². The van der Waals surface area contributed by atoms with Crippen LogP contribution in [0.2, 0.25) is 0 Å². The SMILES string of the molecule is CCCCCCCOC1C(C=O)CCC1OCc1ccccc1. The van der Waals surface area contributed by atoms with Crippen molar-refractivity contribution in [2.24, 2.45) is 5.92 Å². The van der Waals surface area contributed by atoms with Gasteiger partial charge in [-0.25, -0.2) is 0 Å². The highest BCUT2D eigenvalue weighted by Crippen LogP contribution is 2.30. The fourth-order valence-electron chi connectivity index (χ4n) is 3.22. The van der Waals surface area contributed by atoms with Crippen LogP contribution in [-0.4, -0.2) is 25.1 Å². The minimum atomic E-state index is -0.0672. The van der Waals surface area contributed by atoms with Gasteiger partial charge in [0, 0.05) is 12.5 Å².